The zero-order chi connectivity index (χ0) is 22.1. The van der Waals surface area contributed by atoms with Gasteiger partial charge < -0.3 is 29.6 Å². The molecule has 2 aromatic carbocycles. The van der Waals surface area contributed by atoms with Crippen molar-refractivity contribution in [1.82, 2.24) is 10.6 Å². The van der Waals surface area contributed by atoms with Crippen LogP contribution in [0.3, 0.4) is 0 Å². The maximum Gasteiger partial charge on any atom is 0.387 e. The summed E-state index contributed by atoms with van der Waals surface area (Å²) in [7, 11) is 6.31. The molecule has 0 atom stereocenters. The highest BCUT2D eigenvalue weighted by atomic mass is 19.3. The highest BCUT2D eigenvalue weighted by Crippen LogP contribution is 2.33. The van der Waals surface area contributed by atoms with Gasteiger partial charge in [0.2, 0.25) is 0 Å². The lowest BCUT2D eigenvalue weighted by Crippen LogP contribution is -2.36. The van der Waals surface area contributed by atoms with Crippen LogP contribution >= 0.6 is 0 Å². The number of hydrogen-bond acceptors (Lipinski definition) is 5. The third kappa shape index (κ3) is 6.13. The number of hydrogen-bond donors (Lipinski definition) is 2. The van der Waals surface area contributed by atoms with E-state index in [0.29, 0.717) is 35.3 Å². The molecular formula is C21H27F2N3O4. The predicted octanol–water partition coefficient (Wildman–Crippen LogP) is 3.49. The van der Waals surface area contributed by atoms with Gasteiger partial charge in [-0.15, -0.1) is 0 Å². The molecule has 0 fully saturated rings. The average molecular weight is 423 g/mol. The summed E-state index contributed by atoms with van der Waals surface area (Å²) < 4.78 is 46.1. The molecule has 2 N–H and O–H groups in total. The van der Waals surface area contributed by atoms with Gasteiger partial charge in [0.25, 0.3) is 0 Å². The van der Waals surface area contributed by atoms with Crippen LogP contribution < -0.4 is 29.6 Å². The number of aliphatic imine (C=N–C) groups is 1. The zero-order valence-corrected chi connectivity index (χ0v) is 17.7. The minimum Gasteiger partial charge on any atom is -0.496 e. The second-order valence-electron chi connectivity index (χ2n) is 6.28. The zero-order valence-electron chi connectivity index (χ0n) is 17.7. The van der Waals surface area contributed by atoms with Crippen molar-refractivity contribution in [3.8, 4) is 23.0 Å². The molecule has 0 radical (unpaired) electrons. The third-order valence-electron chi connectivity index (χ3n) is 4.35. The number of halogens is 2. The van der Waals surface area contributed by atoms with Crippen molar-refractivity contribution in [3.05, 3.63) is 47.0 Å². The molecule has 9 heteroatoms. The number of aryl methyl sites for hydroxylation is 1. The lowest BCUT2D eigenvalue weighted by molar-refractivity contribution is -0.0504. The van der Waals surface area contributed by atoms with Crippen molar-refractivity contribution in [2.45, 2.75) is 26.6 Å². The van der Waals surface area contributed by atoms with Gasteiger partial charge in [-0.2, -0.15) is 8.78 Å². The van der Waals surface area contributed by atoms with Crippen molar-refractivity contribution in [1.29, 1.82) is 0 Å². The molecule has 0 aliphatic heterocycles. The highest BCUT2D eigenvalue weighted by molar-refractivity contribution is 5.79. The molecule has 164 valence electrons. The van der Waals surface area contributed by atoms with E-state index in [1.807, 2.05) is 6.92 Å². The minimum absolute atomic E-state index is 0.122. The standard InChI is InChI=1S/C21H27F2N3O4/c1-13-6-7-17(30-20(22)23)14(8-13)11-25-21(24-2)26-12-16-18(28-4)9-15(27-3)10-19(16)29-5/h6-10,20H,11-12H2,1-5H3,(H2,24,25,26). The van der Waals surface area contributed by atoms with E-state index in [9.17, 15) is 8.78 Å². The number of methoxy groups -OCH3 is 3. The fourth-order valence-corrected chi connectivity index (χ4v) is 2.88. The van der Waals surface area contributed by atoms with Crippen LogP contribution in [-0.4, -0.2) is 40.9 Å². The average Bonchev–Trinajstić information content (AvgIpc) is 2.74. The van der Waals surface area contributed by atoms with E-state index in [1.54, 1.807) is 52.6 Å². The Hall–Kier alpha value is -3.23. The van der Waals surface area contributed by atoms with E-state index in [0.717, 1.165) is 11.1 Å². The summed E-state index contributed by atoms with van der Waals surface area (Å²) >= 11 is 0. The second kappa shape index (κ2) is 11.1. The van der Waals surface area contributed by atoms with Crippen molar-refractivity contribution in [2.75, 3.05) is 28.4 Å². The Morgan fingerprint density at radius 3 is 2.10 bits per heavy atom. The fourth-order valence-electron chi connectivity index (χ4n) is 2.88. The first-order chi connectivity index (χ1) is 14.4. The maximum absolute atomic E-state index is 12.7. The summed E-state index contributed by atoms with van der Waals surface area (Å²) in [6, 6.07) is 8.55. The Kier molecular flexibility index (Phi) is 8.52. The molecule has 0 spiro atoms. The van der Waals surface area contributed by atoms with Crippen LogP contribution in [0.5, 0.6) is 23.0 Å². The van der Waals surface area contributed by atoms with Gasteiger partial charge in [-0.3, -0.25) is 4.99 Å². The van der Waals surface area contributed by atoms with Gasteiger partial charge in [-0.25, -0.2) is 0 Å². The van der Waals surface area contributed by atoms with Crippen LogP contribution in [0.1, 0.15) is 16.7 Å². The molecule has 7 nitrogen and oxygen atoms in total. The number of ether oxygens (including phenoxy) is 4. The molecule has 0 amide bonds. The summed E-state index contributed by atoms with van der Waals surface area (Å²) in [6.07, 6.45) is 0. The summed E-state index contributed by atoms with van der Waals surface area (Å²) in [5.74, 6) is 2.40. The van der Waals surface area contributed by atoms with Crippen molar-refractivity contribution in [2.24, 2.45) is 4.99 Å². The largest absolute Gasteiger partial charge is 0.496 e. The molecule has 2 aromatic rings. The smallest absolute Gasteiger partial charge is 0.387 e. The van der Waals surface area contributed by atoms with E-state index in [4.69, 9.17) is 14.2 Å². The van der Waals surface area contributed by atoms with E-state index >= 15 is 0 Å². The quantitative estimate of drug-likeness (QED) is 0.475. The molecule has 0 heterocycles. The van der Waals surface area contributed by atoms with Crippen LogP contribution in [0.15, 0.2) is 35.3 Å². The minimum atomic E-state index is -2.89. The molecule has 0 aliphatic carbocycles. The fraction of sp³-hybridized carbons (Fsp3) is 0.381. The molecule has 30 heavy (non-hydrogen) atoms. The second-order valence-corrected chi connectivity index (χ2v) is 6.28. The number of nitrogens with one attached hydrogen (secondary N) is 2. The van der Waals surface area contributed by atoms with Gasteiger partial charge >= 0.3 is 6.61 Å². The first kappa shape index (κ1) is 23.1. The van der Waals surface area contributed by atoms with E-state index < -0.39 is 6.61 Å². The Morgan fingerprint density at radius 2 is 1.57 bits per heavy atom. The molecule has 2 rings (SSSR count). The van der Waals surface area contributed by atoms with Gasteiger partial charge in [0.05, 0.1) is 33.4 Å². The van der Waals surface area contributed by atoms with Crippen molar-refractivity contribution < 1.29 is 27.7 Å². The van der Waals surface area contributed by atoms with Gasteiger partial charge in [-0.1, -0.05) is 17.7 Å². The Morgan fingerprint density at radius 1 is 0.933 bits per heavy atom. The number of rotatable bonds is 9. The van der Waals surface area contributed by atoms with Gasteiger partial charge in [0.1, 0.15) is 23.0 Å². The number of alkyl halides is 2. The van der Waals surface area contributed by atoms with Crippen LogP contribution in [-0.2, 0) is 13.1 Å². The van der Waals surface area contributed by atoms with Gasteiger partial charge in [0, 0.05) is 31.3 Å². The summed E-state index contributed by atoms with van der Waals surface area (Å²) in [5.41, 5.74) is 2.31. The lowest BCUT2D eigenvalue weighted by Gasteiger charge is -2.18. The number of nitrogens with zero attached hydrogens (tertiary/aromatic N) is 1. The Balaban J connectivity index is 2.11. The van der Waals surface area contributed by atoms with Crippen LogP contribution in [0, 0.1) is 6.92 Å². The molecular weight excluding hydrogens is 396 g/mol. The number of benzene rings is 2. The molecule has 0 aliphatic rings. The molecule has 0 saturated carbocycles. The topological polar surface area (TPSA) is 73.3 Å². The Bertz CT molecular complexity index is 850. The van der Waals surface area contributed by atoms with E-state index in [1.165, 1.54) is 6.07 Å². The molecule has 0 saturated heterocycles. The maximum atomic E-state index is 12.7. The summed E-state index contributed by atoms with van der Waals surface area (Å²) in [5, 5.41) is 6.27. The first-order valence-corrected chi connectivity index (χ1v) is 9.19. The van der Waals surface area contributed by atoms with Crippen molar-refractivity contribution >= 4 is 5.96 Å². The molecule has 0 aromatic heterocycles. The third-order valence-corrected chi connectivity index (χ3v) is 4.35. The van der Waals surface area contributed by atoms with Crippen LogP contribution in [0.25, 0.3) is 0 Å². The molecule has 0 unspecified atom stereocenters. The SMILES string of the molecule is CN=C(NCc1cc(C)ccc1OC(F)F)NCc1c(OC)cc(OC)cc1OC. The monoisotopic (exact) mass is 423 g/mol. The van der Waals surface area contributed by atoms with Gasteiger partial charge in [-0.05, 0) is 13.0 Å². The Labute approximate surface area is 175 Å². The first-order valence-electron chi connectivity index (χ1n) is 9.19. The van der Waals surface area contributed by atoms with E-state index in [-0.39, 0.29) is 12.3 Å². The van der Waals surface area contributed by atoms with Crippen molar-refractivity contribution in [3.63, 3.8) is 0 Å². The summed E-state index contributed by atoms with van der Waals surface area (Å²) in [6.45, 7) is -0.408. The highest BCUT2D eigenvalue weighted by Gasteiger charge is 2.14. The van der Waals surface area contributed by atoms with Crippen LogP contribution in [0.4, 0.5) is 8.78 Å². The number of guanidine groups is 1. The normalized spacial score (nSPS) is 11.3. The van der Waals surface area contributed by atoms with Gasteiger partial charge in [0.15, 0.2) is 5.96 Å². The molecule has 0 bridgehead atoms. The summed E-state index contributed by atoms with van der Waals surface area (Å²) in [4.78, 5) is 4.18. The predicted molar refractivity (Wildman–Crippen MR) is 111 cm³/mol. The van der Waals surface area contributed by atoms with E-state index in [2.05, 4.69) is 20.4 Å². The lowest BCUT2D eigenvalue weighted by atomic mass is 10.1. The van der Waals surface area contributed by atoms with Crippen LogP contribution in [0.2, 0.25) is 0 Å².